The lowest BCUT2D eigenvalue weighted by Gasteiger charge is -2.39. The van der Waals surface area contributed by atoms with Crippen LogP contribution in [0, 0.1) is 5.92 Å². The first-order valence-electron chi connectivity index (χ1n) is 13.1. The van der Waals surface area contributed by atoms with Crippen LogP contribution < -0.4 is 10.2 Å². The molecule has 0 radical (unpaired) electrons. The Hall–Kier alpha value is -4.55. The normalized spacial score (nSPS) is 24.1. The molecule has 1 saturated heterocycles. The number of anilines is 2. The van der Waals surface area contributed by atoms with Gasteiger partial charge in [-0.25, -0.2) is 0 Å². The Kier molecular flexibility index (Phi) is 5.51. The van der Waals surface area contributed by atoms with Gasteiger partial charge >= 0.3 is 0 Å². The number of rotatable bonds is 4. The fraction of sp³-hybridized carbons (Fsp3) is 0.152. The third-order valence-corrected chi connectivity index (χ3v) is 8.76. The average Bonchev–Trinajstić information content (AvgIpc) is 3.45. The van der Waals surface area contributed by atoms with Gasteiger partial charge in [0.15, 0.2) is 11.6 Å². The van der Waals surface area contributed by atoms with Crippen molar-refractivity contribution in [3.8, 4) is 0 Å². The van der Waals surface area contributed by atoms with Crippen LogP contribution in [-0.2, 0) is 10.2 Å². The molecule has 0 saturated carbocycles. The lowest BCUT2D eigenvalue weighted by molar-refractivity contribution is -0.121. The van der Waals surface area contributed by atoms with E-state index < -0.39 is 23.4 Å². The Morgan fingerprint density at radius 3 is 2.42 bits per heavy atom. The van der Waals surface area contributed by atoms with E-state index in [1.807, 2.05) is 66.4 Å². The van der Waals surface area contributed by atoms with E-state index in [0.717, 1.165) is 16.8 Å². The van der Waals surface area contributed by atoms with E-state index in [1.165, 1.54) is 6.20 Å². The second-order valence-corrected chi connectivity index (χ2v) is 10.9. The molecule has 1 fully saturated rings. The molecular weight excluding hydrogens is 522 g/mol. The molecule has 4 heterocycles. The summed E-state index contributed by atoms with van der Waals surface area (Å²) in [6.07, 6.45) is 5.15. The first-order chi connectivity index (χ1) is 19.4. The molecule has 7 heteroatoms. The molecular formula is C33H24ClN3O3. The Morgan fingerprint density at radius 1 is 0.900 bits per heavy atom. The number of nitrogens with zero attached hydrogens (tertiary/aromatic N) is 2. The standard InChI is InChI=1S/C33H24ClN3O3/c1-19-17-27-33(24-9-3-4-10-25(24)36-32(33)40)28(30(38)21-7-6-16-35-18-21)29(31(39)20-12-14-22(34)15-13-20)37(27)26-11-5-2-8-23(19)26/h2-18,27-29H,1H3,(H,36,40)/t27-,28+,29-,33-/m1/s1. The summed E-state index contributed by atoms with van der Waals surface area (Å²) in [5.41, 5.74) is 3.55. The second kappa shape index (κ2) is 9.00. The molecule has 0 aliphatic carbocycles. The number of amides is 1. The van der Waals surface area contributed by atoms with E-state index in [9.17, 15) is 14.4 Å². The number of Topliss-reactive ketones (excluding diaryl/α,β-unsaturated/α-hetero) is 2. The van der Waals surface area contributed by atoms with Crippen molar-refractivity contribution >= 4 is 46.0 Å². The van der Waals surface area contributed by atoms with Gasteiger partial charge in [-0.2, -0.15) is 0 Å². The summed E-state index contributed by atoms with van der Waals surface area (Å²) < 4.78 is 0. The number of carbonyl (C=O) groups is 3. The molecule has 7 rings (SSSR count). The van der Waals surface area contributed by atoms with Crippen LogP contribution in [0.4, 0.5) is 11.4 Å². The van der Waals surface area contributed by atoms with Gasteiger partial charge in [-0.3, -0.25) is 19.4 Å². The summed E-state index contributed by atoms with van der Waals surface area (Å²) >= 11 is 6.16. The van der Waals surface area contributed by atoms with Crippen LogP contribution in [-0.4, -0.2) is 34.5 Å². The predicted molar refractivity (Wildman–Crippen MR) is 155 cm³/mol. The first kappa shape index (κ1) is 24.5. The Morgan fingerprint density at radius 2 is 1.65 bits per heavy atom. The number of nitrogens with one attached hydrogen (secondary N) is 1. The van der Waals surface area contributed by atoms with Gasteiger partial charge in [0.1, 0.15) is 11.5 Å². The molecule has 1 N–H and O–H groups in total. The molecule has 3 aliphatic rings. The summed E-state index contributed by atoms with van der Waals surface area (Å²) in [5.74, 6) is -1.88. The van der Waals surface area contributed by atoms with Crippen LogP contribution >= 0.6 is 11.6 Å². The van der Waals surface area contributed by atoms with Crippen molar-refractivity contribution in [1.29, 1.82) is 0 Å². The highest BCUT2D eigenvalue weighted by Crippen LogP contribution is 2.58. The summed E-state index contributed by atoms with van der Waals surface area (Å²) in [4.78, 5) is 49.8. The van der Waals surface area contributed by atoms with Crippen molar-refractivity contribution in [2.24, 2.45) is 5.92 Å². The summed E-state index contributed by atoms with van der Waals surface area (Å²) in [6.45, 7) is 2.01. The van der Waals surface area contributed by atoms with E-state index in [0.29, 0.717) is 27.4 Å². The minimum Gasteiger partial charge on any atom is -0.352 e. The van der Waals surface area contributed by atoms with Gasteiger partial charge in [-0.1, -0.05) is 54.1 Å². The van der Waals surface area contributed by atoms with E-state index in [4.69, 9.17) is 11.6 Å². The molecule has 0 unspecified atom stereocenters. The van der Waals surface area contributed by atoms with Crippen LogP contribution in [0.5, 0.6) is 0 Å². The minimum atomic E-state index is -1.36. The van der Waals surface area contributed by atoms with Crippen molar-refractivity contribution in [3.63, 3.8) is 0 Å². The Labute approximate surface area is 236 Å². The Balaban J connectivity index is 1.56. The van der Waals surface area contributed by atoms with E-state index in [1.54, 1.807) is 42.6 Å². The van der Waals surface area contributed by atoms with Gasteiger partial charge in [0.05, 0.1) is 12.0 Å². The quantitative estimate of drug-likeness (QED) is 0.319. The van der Waals surface area contributed by atoms with E-state index in [2.05, 4.69) is 10.3 Å². The molecule has 6 nitrogen and oxygen atoms in total. The molecule has 0 bridgehead atoms. The topological polar surface area (TPSA) is 79.4 Å². The summed E-state index contributed by atoms with van der Waals surface area (Å²) in [5, 5.41) is 3.56. The van der Waals surface area contributed by atoms with Crippen molar-refractivity contribution < 1.29 is 14.4 Å². The van der Waals surface area contributed by atoms with Crippen LogP contribution in [0.2, 0.25) is 5.02 Å². The van der Waals surface area contributed by atoms with E-state index in [-0.39, 0.29) is 17.5 Å². The minimum absolute atomic E-state index is 0.249. The van der Waals surface area contributed by atoms with Gasteiger partial charge < -0.3 is 10.2 Å². The maximum Gasteiger partial charge on any atom is 0.238 e. The van der Waals surface area contributed by atoms with Crippen molar-refractivity contribution in [2.45, 2.75) is 24.4 Å². The van der Waals surface area contributed by atoms with Crippen LogP contribution in [0.15, 0.2) is 103 Å². The van der Waals surface area contributed by atoms with Gasteiger partial charge in [0.2, 0.25) is 5.91 Å². The SMILES string of the molecule is CC1=C[C@H]2N(c3ccccc31)[C@@H](C(=O)c1ccc(Cl)cc1)[C@@H](C(=O)c1cccnc1)[C@]21C(=O)Nc2ccccc21. The zero-order valence-electron chi connectivity index (χ0n) is 21.5. The molecule has 1 amide bonds. The van der Waals surface area contributed by atoms with Gasteiger partial charge in [0.25, 0.3) is 0 Å². The zero-order valence-corrected chi connectivity index (χ0v) is 22.3. The van der Waals surface area contributed by atoms with Crippen LogP contribution in [0.1, 0.15) is 38.8 Å². The summed E-state index contributed by atoms with van der Waals surface area (Å²) in [6, 6.07) is 23.8. The third kappa shape index (κ3) is 3.29. The lowest BCUT2D eigenvalue weighted by Crippen LogP contribution is -2.51. The highest BCUT2D eigenvalue weighted by molar-refractivity contribution is 6.30. The maximum atomic E-state index is 14.7. The fourth-order valence-corrected chi connectivity index (χ4v) is 6.99. The number of halogens is 1. The highest BCUT2D eigenvalue weighted by atomic mass is 35.5. The average molecular weight is 546 g/mol. The van der Waals surface area contributed by atoms with Crippen molar-refractivity contribution in [3.05, 3.63) is 131 Å². The fourth-order valence-electron chi connectivity index (χ4n) is 6.86. The maximum absolute atomic E-state index is 14.7. The number of fused-ring (bicyclic) bond motifs is 6. The second-order valence-electron chi connectivity index (χ2n) is 10.5. The monoisotopic (exact) mass is 545 g/mol. The van der Waals surface area contributed by atoms with Gasteiger partial charge in [-0.05, 0) is 66.6 Å². The van der Waals surface area contributed by atoms with Gasteiger partial charge in [-0.15, -0.1) is 0 Å². The Bertz CT molecular complexity index is 1730. The molecule has 4 atom stereocenters. The predicted octanol–water partition coefficient (Wildman–Crippen LogP) is 5.98. The number of carbonyl (C=O) groups excluding carboxylic acids is 3. The number of pyridine rings is 1. The zero-order chi connectivity index (χ0) is 27.6. The number of para-hydroxylation sites is 2. The molecule has 196 valence electrons. The van der Waals surface area contributed by atoms with Crippen molar-refractivity contribution in [2.75, 3.05) is 10.2 Å². The molecule has 3 aliphatic heterocycles. The largest absolute Gasteiger partial charge is 0.352 e. The first-order valence-corrected chi connectivity index (χ1v) is 13.5. The molecule has 1 spiro atoms. The van der Waals surface area contributed by atoms with Crippen molar-refractivity contribution in [1.82, 2.24) is 4.98 Å². The van der Waals surface area contributed by atoms with Crippen LogP contribution in [0.3, 0.4) is 0 Å². The molecule has 3 aromatic carbocycles. The van der Waals surface area contributed by atoms with Gasteiger partial charge in [0, 0.05) is 45.5 Å². The molecule has 1 aromatic heterocycles. The number of hydrogen-bond donors (Lipinski definition) is 1. The highest BCUT2D eigenvalue weighted by Gasteiger charge is 2.70. The number of benzene rings is 3. The smallest absolute Gasteiger partial charge is 0.238 e. The molecule has 40 heavy (non-hydrogen) atoms. The number of ketones is 2. The summed E-state index contributed by atoms with van der Waals surface area (Å²) in [7, 11) is 0. The van der Waals surface area contributed by atoms with Crippen LogP contribution in [0.25, 0.3) is 5.57 Å². The molecule has 4 aromatic rings. The van der Waals surface area contributed by atoms with E-state index >= 15 is 0 Å². The number of aromatic nitrogens is 1. The number of hydrogen-bond acceptors (Lipinski definition) is 5. The third-order valence-electron chi connectivity index (χ3n) is 8.51. The lowest BCUT2D eigenvalue weighted by atomic mass is 9.64. The number of allylic oxidation sites excluding steroid dienone is 1.